The monoisotopic (exact) mass is 304 g/mol. The average Bonchev–Trinajstić information content (AvgIpc) is 2.84. The first kappa shape index (κ1) is 13.9. The van der Waals surface area contributed by atoms with Gasteiger partial charge >= 0.3 is 0 Å². The van der Waals surface area contributed by atoms with E-state index in [2.05, 4.69) is 0 Å². The van der Waals surface area contributed by atoms with Gasteiger partial charge in [0.1, 0.15) is 4.90 Å². The van der Waals surface area contributed by atoms with Crippen molar-refractivity contribution in [1.29, 1.82) is 0 Å². The molecule has 1 aromatic heterocycles. The first-order chi connectivity index (χ1) is 8.95. The van der Waals surface area contributed by atoms with Gasteiger partial charge in [-0.2, -0.15) is 0 Å². The van der Waals surface area contributed by atoms with Crippen LogP contribution < -0.4 is 10.5 Å². The van der Waals surface area contributed by atoms with Crippen LogP contribution in [0.4, 0.5) is 14.5 Å². The minimum Gasteiger partial charge on any atom is -0.326 e. The molecule has 0 radical (unpaired) electrons. The summed E-state index contributed by atoms with van der Waals surface area (Å²) in [4.78, 5) is 0.424. The molecule has 2 aromatic rings. The van der Waals surface area contributed by atoms with Crippen molar-refractivity contribution in [2.75, 3.05) is 4.72 Å². The summed E-state index contributed by atoms with van der Waals surface area (Å²) < 4.78 is 52.6. The molecule has 0 atom stereocenters. The third kappa shape index (κ3) is 2.75. The molecule has 1 heterocycles. The first-order valence-electron chi connectivity index (χ1n) is 5.19. The number of nitrogens with two attached hydrogens (primary N) is 1. The van der Waals surface area contributed by atoms with E-state index < -0.39 is 27.3 Å². The zero-order chi connectivity index (χ0) is 14.0. The van der Waals surface area contributed by atoms with Crippen LogP contribution in [0.1, 0.15) is 4.88 Å². The number of nitrogens with one attached hydrogen (secondary N) is 1. The van der Waals surface area contributed by atoms with Gasteiger partial charge in [0.2, 0.25) is 0 Å². The van der Waals surface area contributed by atoms with E-state index in [9.17, 15) is 17.2 Å². The highest BCUT2D eigenvalue weighted by Gasteiger charge is 2.21. The van der Waals surface area contributed by atoms with Crippen LogP contribution in [0.15, 0.2) is 34.5 Å². The Hall–Kier alpha value is -1.51. The van der Waals surface area contributed by atoms with Gasteiger partial charge in [0.25, 0.3) is 10.0 Å². The molecule has 19 heavy (non-hydrogen) atoms. The molecule has 0 bridgehead atoms. The van der Waals surface area contributed by atoms with Crippen molar-refractivity contribution in [3.05, 3.63) is 46.2 Å². The van der Waals surface area contributed by atoms with Crippen LogP contribution in [-0.4, -0.2) is 8.42 Å². The van der Waals surface area contributed by atoms with Crippen LogP contribution >= 0.6 is 11.3 Å². The average molecular weight is 304 g/mol. The minimum atomic E-state index is -3.98. The Bertz CT molecular complexity index is 698. The van der Waals surface area contributed by atoms with Gasteiger partial charge in [-0.05, 0) is 23.6 Å². The maximum atomic E-state index is 13.4. The maximum absolute atomic E-state index is 13.4. The maximum Gasteiger partial charge on any atom is 0.263 e. The van der Waals surface area contributed by atoms with E-state index in [4.69, 9.17) is 5.73 Å². The highest BCUT2D eigenvalue weighted by atomic mass is 32.2. The largest absolute Gasteiger partial charge is 0.326 e. The zero-order valence-corrected chi connectivity index (χ0v) is 11.2. The fourth-order valence-corrected chi connectivity index (χ4v) is 3.90. The van der Waals surface area contributed by atoms with E-state index in [1.165, 1.54) is 23.5 Å². The summed E-state index contributed by atoms with van der Waals surface area (Å²) in [6.45, 7) is 0.0551. The molecule has 3 N–H and O–H groups in total. The third-order valence-corrected chi connectivity index (χ3v) is 4.90. The summed E-state index contributed by atoms with van der Waals surface area (Å²) >= 11 is 1.18. The molecule has 0 saturated carbocycles. The number of thiophene rings is 1. The van der Waals surface area contributed by atoms with E-state index in [0.29, 0.717) is 4.88 Å². The van der Waals surface area contributed by atoms with Crippen LogP contribution in [0.3, 0.4) is 0 Å². The lowest BCUT2D eigenvalue weighted by molar-refractivity contribution is 0.511. The van der Waals surface area contributed by atoms with Crippen molar-refractivity contribution < 1.29 is 17.2 Å². The molecular formula is C11H10F2N2O2S2. The summed E-state index contributed by atoms with van der Waals surface area (Å²) in [5, 5.41) is 1.57. The van der Waals surface area contributed by atoms with Crippen molar-refractivity contribution in [2.45, 2.75) is 11.4 Å². The molecule has 0 aliphatic carbocycles. The van der Waals surface area contributed by atoms with Gasteiger partial charge in [-0.3, -0.25) is 4.72 Å². The van der Waals surface area contributed by atoms with Crippen LogP contribution in [-0.2, 0) is 16.6 Å². The molecule has 8 heteroatoms. The Kier molecular flexibility index (Phi) is 3.83. The molecule has 0 fully saturated rings. The molecule has 0 spiro atoms. The number of hydrogen-bond acceptors (Lipinski definition) is 4. The number of benzene rings is 1. The summed E-state index contributed by atoms with van der Waals surface area (Å²) in [6.07, 6.45) is 0. The van der Waals surface area contributed by atoms with Gasteiger partial charge in [0.05, 0.1) is 5.69 Å². The molecule has 0 amide bonds. The lowest BCUT2D eigenvalue weighted by Gasteiger charge is -2.09. The number of halogens is 2. The second-order valence-electron chi connectivity index (χ2n) is 3.62. The van der Waals surface area contributed by atoms with Crippen molar-refractivity contribution in [1.82, 2.24) is 0 Å². The SMILES string of the molecule is NCc1sccc1S(=O)(=O)Nc1cccc(F)c1F. The Morgan fingerprint density at radius 3 is 2.68 bits per heavy atom. The normalized spacial score (nSPS) is 11.5. The quantitative estimate of drug-likeness (QED) is 0.910. The van der Waals surface area contributed by atoms with Crippen LogP contribution in [0.25, 0.3) is 0 Å². The number of hydrogen-bond donors (Lipinski definition) is 2. The van der Waals surface area contributed by atoms with E-state index >= 15 is 0 Å². The summed E-state index contributed by atoms with van der Waals surface area (Å²) in [5.41, 5.74) is 4.99. The van der Waals surface area contributed by atoms with Crippen LogP contribution in [0.2, 0.25) is 0 Å². The standard InChI is InChI=1S/C11H10F2N2O2S2/c12-7-2-1-3-8(11(7)13)15-19(16,17)10-4-5-18-9(10)6-14/h1-5,15H,6,14H2. The number of rotatable bonds is 4. The van der Waals surface area contributed by atoms with Crippen molar-refractivity contribution in [2.24, 2.45) is 5.73 Å². The molecule has 0 saturated heterocycles. The van der Waals surface area contributed by atoms with E-state index in [1.54, 1.807) is 5.38 Å². The Labute approximate surface area is 112 Å². The summed E-state index contributed by atoms with van der Waals surface area (Å²) in [6, 6.07) is 4.63. The zero-order valence-electron chi connectivity index (χ0n) is 9.56. The molecule has 0 aliphatic heterocycles. The van der Waals surface area contributed by atoms with E-state index in [1.807, 2.05) is 4.72 Å². The van der Waals surface area contributed by atoms with E-state index in [-0.39, 0.29) is 11.4 Å². The minimum absolute atomic E-state index is 0.0244. The molecule has 102 valence electrons. The smallest absolute Gasteiger partial charge is 0.263 e. The van der Waals surface area contributed by atoms with Crippen molar-refractivity contribution in [3.63, 3.8) is 0 Å². The summed E-state index contributed by atoms with van der Waals surface area (Å²) in [7, 11) is -3.98. The number of anilines is 1. The Morgan fingerprint density at radius 2 is 2.00 bits per heavy atom. The second-order valence-corrected chi connectivity index (χ2v) is 6.27. The predicted molar refractivity (Wildman–Crippen MR) is 69.4 cm³/mol. The van der Waals surface area contributed by atoms with Crippen molar-refractivity contribution >= 4 is 27.0 Å². The van der Waals surface area contributed by atoms with Gasteiger partial charge in [0.15, 0.2) is 11.6 Å². The van der Waals surface area contributed by atoms with Crippen LogP contribution in [0.5, 0.6) is 0 Å². The molecule has 1 aromatic carbocycles. The van der Waals surface area contributed by atoms with Gasteiger partial charge < -0.3 is 5.73 Å². The van der Waals surface area contributed by atoms with Gasteiger partial charge in [-0.1, -0.05) is 6.07 Å². The Balaban J connectivity index is 2.40. The molecule has 0 unspecified atom stereocenters. The van der Waals surface area contributed by atoms with Crippen molar-refractivity contribution in [3.8, 4) is 0 Å². The molecule has 0 aliphatic rings. The van der Waals surface area contributed by atoms with Gasteiger partial charge in [-0.25, -0.2) is 17.2 Å². The fourth-order valence-electron chi connectivity index (χ4n) is 1.50. The highest BCUT2D eigenvalue weighted by Crippen LogP contribution is 2.25. The fraction of sp³-hybridized carbons (Fsp3) is 0.0909. The molecule has 4 nitrogen and oxygen atoms in total. The van der Waals surface area contributed by atoms with Crippen LogP contribution in [0, 0.1) is 11.6 Å². The predicted octanol–water partition coefficient (Wildman–Crippen LogP) is 2.29. The van der Waals surface area contributed by atoms with E-state index in [0.717, 1.165) is 12.1 Å². The Morgan fingerprint density at radius 1 is 1.26 bits per heavy atom. The third-order valence-electron chi connectivity index (χ3n) is 2.38. The number of sulfonamides is 1. The highest BCUT2D eigenvalue weighted by molar-refractivity contribution is 7.93. The molecular weight excluding hydrogens is 294 g/mol. The topological polar surface area (TPSA) is 72.2 Å². The van der Waals surface area contributed by atoms with Gasteiger partial charge in [-0.15, -0.1) is 11.3 Å². The summed E-state index contributed by atoms with van der Waals surface area (Å²) in [5.74, 6) is -2.36. The first-order valence-corrected chi connectivity index (χ1v) is 7.55. The van der Waals surface area contributed by atoms with Gasteiger partial charge in [0, 0.05) is 11.4 Å². The lowest BCUT2D eigenvalue weighted by Crippen LogP contribution is -2.15. The second kappa shape index (κ2) is 5.24. The lowest BCUT2D eigenvalue weighted by atomic mass is 10.3. The molecule has 2 rings (SSSR count).